The van der Waals surface area contributed by atoms with Gasteiger partial charge in [0.2, 0.25) is 0 Å². The molecule has 0 aromatic heterocycles. The highest BCUT2D eigenvalue weighted by molar-refractivity contribution is 5.69. The van der Waals surface area contributed by atoms with Gasteiger partial charge in [-0.25, -0.2) is 4.79 Å². The van der Waals surface area contributed by atoms with E-state index in [1.54, 1.807) is 0 Å². The van der Waals surface area contributed by atoms with E-state index in [9.17, 15) is 4.79 Å². The molecule has 104 valence electrons. The fourth-order valence-corrected chi connectivity index (χ4v) is 2.19. The molecule has 0 radical (unpaired) electrons. The number of cyclic esters (lactones) is 1. The molecule has 19 heavy (non-hydrogen) atoms. The molecule has 0 saturated carbocycles. The minimum Gasteiger partial charge on any atom is -0.489 e. The molecule has 2 N–H and O–H groups in total. The summed E-state index contributed by atoms with van der Waals surface area (Å²) in [4.78, 5) is 10.9. The van der Waals surface area contributed by atoms with Crippen molar-refractivity contribution in [1.82, 2.24) is 10.6 Å². The van der Waals surface area contributed by atoms with E-state index < -0.39 is 0 Å². The molecule has 1 aromatic carbocycles. The summed E-state index contributed by atoms with van der Waals surface area (Å²) < 4.78 is 10.8. The van der Waals surface area contributed by atoms with Crippen molar-refractivity contribution in [2.45, 2.75) is 25.5 Å². The van der Waals surface area contributed by atoms with Gasteiger partial charge < -0.3 is 20.1 Å². The summed E-state index contributed by atoms with van der Waals surface area (Å²) in [5.41, 5.74) is 1.13. The van der Waals surface area contributed by atoms with E-state index in [1.807, 2.05) is 25.2 Å². The van der Waals surface area contributed by atoms with Crippen molar-refractivity contribution in [3.8, 4) is 5.75 Å². The third kappa shape index (κ3) is 3.38. The Hall–Kier alpha value is -1.75. The molecule has 5 heteroatoms. The smallest absolute Gasteiger partial charge is 0.407 e. The first-order chi connectivity index (χ1) is 9.24. The number of hydrogen-bond acceptors (Lipinski definition) is 4. The van der Waals surface area contributed by atoms with Gasteiger partial charge in [0.1, 0.15) is 12.4 Å². The molecular weight excluding hydrogens is 244 g/mol. The zero-order valence-corrected chi connectivity index (χ0v) is 11.3. The molecule has 1 aromatic rings. The monoisotopic (exact) mass is 264 g/mol. The summed E-state index contributed by atoms with van der Waals surface area (Å²) in [7, 11) is 1.94. The van der Waals surface area contributed by atoms with Gasteiger partial charge in [-0.2, -0.15) is 0 Å². The van der Waals surface area contributed by atoms with Gasteiger partial charge in [0.25, 0.3) is 0 Å². The van der Waals surface area contributed by atoms with E-state index >= 15 is 0 Å². The largest absolute Gasteiger partial charge is 0.489 e. The van der Waals surface area contributed by atoms with E-state index in [-0.39, 0.29) is 18.2 Å². The lowest BCUT2D eigenvalue weighted by atomic mass is 10.0. The maximum atomic E-state index is 10.9. The normalized spacial score (nSPS) is 19.7. The third-order valence-corrected chi connectivity index (χ3v) is 3.22. The van der Waals surface area contributed by atoms with Gasteiger partial charge in [0, 0.05) is 11.6 Å². The topological polar surface area (TPSA) is 59.6 Å². The Morgan fingerprint density at radius 2 is 2.32 bits per heavy atom. The molecule has 1 fully saturated rings. The lowest BCUT2D eigenvalue weighted by Gasteiger charge is -2.19. The number of hydrogen-bond donors (Lipinski definition) is 2. The molecule has 2 atom stereocenters. The van der Waals surface area contributed by atoms with E-state index in [0.717, 1.165) is 17.7 Å². The zero-order valence-electron chi connectivity index (χ0n) is 11.3. The first-order valence-electron chi connectivity index (χ1n) is 6.58. The van der Waals surface area contributed by atoms with Crippen LogP contribution in [-0.2, 0) is 4.74 Å². The number of para-hydroxylation sites is 1. The molecule has 0 aliphatic carbocycles. The average Bonchev–Trinajstić information content (AvgIpc) is 2.85. The number of amides is 1. The van der Waals surface area contributed by atoms with Crippen LogP contribution in [-0.4, -0.2) is 32.4 Å². The van der Waals surface area contributed by atoms with Gasteiger partial charge >= 0.3 is 6.09 Å². The minimum atomic E-state index is -0.372. The second kappa shape index (κ2) is 6.43. The van der Waals surface area contributed by atoms with Crippen molar-refractivity contribution < 1.29 is 14.3 Å². The molecule has 1 saturated heterocycles. The van der Waals surface area contributed by atoms with Crippen LogP contribution in [0.15, 0.2) is 24.3 Å². The Labute approximate surface area is 113 Å². The van der Waals surface area contributed by atoms with Crippen LogP contribution in [0.1, 0.15) is 24.9 Å². The average molecular weight is 264 g/mol. The number of rotatable bonds is 6. The first-order valence-corrected chi connectivity index (χ1v) is 6.58. The van der Waals surface area contributed by atoms with Crippen LogP contribution < -0.4 is 15.4 Å². The minimum absolute atomic E-state index is 0.213. The summed E-state index contributed by atoms with van der Waals surface area (Å²) in [6.07, 6.45) is 0.399. The molecule has 2 rings (SSSR count). The van der Waals surface area contributed by atoms with Crippen LogP contribution in [0.25, 0.3) is 0 Å². The number of nitrogens with one attached hydrogen (secondary N) is 2. The number of carbonyl (C=O) groups is 1. The maximum Gasteiger partial charge on any atom is 0.407 e. The molecule has 0 bridgehead atoms. The van der Waals surface area contributed by atoms with Crippen molar-refractivity contribution in [1.29, 1.82) is 0 Å². The van der Waals surface area contributed by atoms with Crippen LogP contribution in [0, 0.1) is 0 Å². The van der Waals surface area contributed by atoms with Gasteiger partial charge in [-0.1, -0.05) is 25.1 Å². The quantitative estimate of drug-likeness (QED) is 0.823. The van der Waals surface area contributed by atoms with Crippen LogP contribution in [0.5, 0.6) is 5.75 Å². The molecule has 1 aliphatic rings. The highest BCUT2D eigenvalue weighted by atomic mass is 16.6. The molecule has 1 aliphatic heterocycles. The predicted molar refractivity (Wildman–Crippen MR) is 72.3 cm³/mol. The van der Waals surface area contributed by atoms with Crippen molar-refractivity contribution in [2.75, 3.05) is 20.2 Å². The van der Waals surface area contributed by atoms with Crippen molar-refractivity contribution in [2.24, 2.45) is 0 Å². The third-order valence-electron chi connectivity index (χ3n) is 3.22. The van der Waals surface area contributed by atoms with E-state index in [1.165, 1.54) is 0 Å². The lowest BCUT2D eigenvalue weighted by Crippen LogP contribution is -2.23. The summed E-state index contributed by atoms with van der Waals surface area (Å²) in [5.74, 6) is 0.839. The second-order valence-corrected chi connectivity index (χ2v) is 4.51. The molecule has 5 nitrogen and oxygen atoms in total. The molecule has 2 unspecified atom stereocenters. The van der Waals surface area contributed by atoms with Crippen LogP contribution >= 0.6 is 0 Å². The van der Waals surface area contributed by atoms with Crippen LogP contribution in [0.3, 0.4) is 0 Å². The SMILES string of the molecule is CCC(NC)c1ccccc1OCC1CNC(=O)O1. The number of alkyl carbamates (subject to hydrolysis) is 1. The molecule has 0 spiro atoms. The highest BCUT2D eigenvalue weighted by Crippen LogP contribution is 2.27. The zero-order chi connectivity index (χ0) is 13.7. The summed E-state index contributed by atoms with van der Waals surface area (Å²) in [5, 5.41) is 5.88. The van der Waals surface area contributed by atoms with Gasteiger partial charge in [0.15, 0.2) is 6.10 Å². The number of carbonyl (C=O) groups excluding carboxylic acids is 1. The number of benzene rings is 1. The lowest BCUT2D eigenvalue weighted by molar-refractivity contribution is 0.104. The molecule has 1 heterocycles. The standard InChI is InChI=1S/C14H20N2O3/c1-3-12(15-2)11-6-4-5-7-13(11)18-9-10-8-16-14(17)19-10/h4-7,10,12,15H,3,8-9H2,1-2H3,(H,16,17). The number of ether oxygens (including phenoxy) is 2. The van der Waals surface area contributed by atoms with Gasteiger partial charge in [-0.05, 0) is 19.5 Å². The summed E-state index contributed by atoms with van der Waals surface area (Å²) in [6, 6.07) is 8.21. The Balaban J connectivity index is 2.01. The Morgan fingerprint density at radius 1 is 1.53 bits per heavy atom. The molecule has 1 amide bonds. The van der Waals surface area contributed by atoms with Crippen LogP contribution in [0.4, 0.5) is 4.79 Å². The van der Waals surface area contributed by atoms with E-state index in [4.69, 9.17) is 9.47 Å². The van der Waals surface area contributed by atoms with E-state index in [2.05, 4.69) is 23.6 Å². The van der Waals surface area contributed by atoms with Gasteiger partial charge in [-0.3, -0.25) is 0 Å². The Kier molecular flexibility index (Phi) is 4.63. The van der Waals surface area contributed by atoms with Crippen molar-refractivity contribution in [3.05, 3.63) is 29.8 Å². The highest BCUT2D eigenvalue weighted by Gasteiger charge is 2.23. The summed E-state index contributed by atoms with van der Waals surface area (Å²) >= 11 is 0. The fraction of sp³-hybridized carbons (Fsp3) is 0.500. The fourth-order valence-electron chi connectivity index (χ4n) is 2.19. The predicted octanol–water partition coefficient (Wildman–Crippen LogP) is 1.84. The van der Waals surface area contributed by atoms with Crippen molar-refractivity contribution in [3.63, 3.8) is 0 Å². The Morgan fingerprint density at radius 3 is 2.95 bits per heavy atom. The van der Waals surface area contributed by atoms with E-state index in [0.29, 0.717) is 13.2 Å². The van der Waals surface area contributed by atoms with Crippen molar-refractivity contribution >= 4 is 6.09 Å². The Bertz CT molecular complexity index is 432. The maximum absolute atomic E-state index is 10.9. The van der Waals surface area contributed by atoms with Gasteiger partial charge in [-0.15, -0.1) is 0 Å². The first kappa shape index (κ1) is 13.7. The molecular formula is C14H20N2O3. The van der Waals surface area contributed by atoms with Crippen LogP contribution in [0.2, 0.25) is 0 Å². The van der Waals surface area contributed by atoms with Gasteiger partial charge in [0.05, 0.1) is 6.54 Å². The summed E-state index contributed by atoms with van der Waals surface area (Å²) in [6.45, 7) is 3.00. The second-order valence-electron chi connectivity index (χ2n) is 4.51.